The van der Waals surface area contributed by atoms with E-state index < -0.39 is 10.0 Å². The Hall–Kier alpha value is -2.09. The van der Waals surface area contributed by atoms with Crippen LogP contribution in [0.5, 0.6) is 0 Å². The molecule has 2 N–H and O–H groups in total. The van der Waals surface area contributed by atoms with Gasteiger partial charge in [0, 0.05) is 25.2 Å². The molecule has 1 aliphatic rings. The number of benzene rings is 2. The van der Waals surface area contributed by atoms with E-state index in [0.717, 1.165) is 19.5 Å². The summed E-state index contributed by atoms with van der Waals surface area (Å²) in [7, 11) is -2.23. The zero-order valence-electron chi connectivity index (χ0n) is 14.4. The van der Waals surface area contributed by atoms with Crippen LogP contribution in [0.3, 0.4) is 0 Å². The lowest BCUT2D eigenvalue weighted by Gasteiger charge is -2.20. The van der Waals surface area contributed by atoms with Gasteiger partial charge in [-0.1, -0.05) is 24.3 Å². The van der Waals surface area contributed by atoms with Crippen LogP contribution in [0.15, 0.2) is 59.5 Å². The first kappa shape index (κ1) is 20.2. The largest absolute Gasteiger partial charge is 0.348 e. The van der Waals surface area contributed by atoms with E-state index in [-0.39, 0.29) is 29.3 Å². The molecule has 0 radical (unpaired) electrons. The van der Waals surface area contributed by atoms with Crippen LogP contribution in [0.4, 0.5) is 5.69 Å². The van der Waals surface area contributed by atoms with Gasteiger partial charge in [0.05, 0.1) is 10.6 Å². The quantitative estimate of drug-likeness (QED) is 0.811. The second-order valence-corrected chi connectivity index (χ2v) is 7.97. The topological polar surface area (TPSA) is 78.5 Å². The van der Waals surface area contributed by atoms with Crippen molar-refractivity contribution in [2.24, 2.45) is 0 Å². The summed E-state index contributed by atoms with van der Waals surface area (Å²) in [6, 6.07) is 15.1. The van der Waals surface area contributed by atoms with Crippen LogP contribution in [0.2, 0.25) is 0 Å². The van der Waals surface area contributed by atoms with E-state index in [9.17, 15) is 13.2 Å². The Labute approximate surface area is 160 Å². The molecule has 1 amide bonds. The second kappa shape index (κ2) is 8.53. The zero-order valence-corrected chi connectivity index (χ0v) is 16.0. The third kappa shape index (κ3) is 4.35. The maximum Gasteiger partial charge on any atom is 0.264 e. The molecule has 26 heavy (non-hydrogen) atoms. The lowest BCUT2D eigenvalue weighted by atomic mass is 10.2. The van der Waals surface area contributed by atoms with Crippen LogP contribution in [0.25, 0.3) is 0 Å². The molecule has 2 aromatic rings. The summed E-state index contributed by atoms with van der Waals surface area (Å²) in [5.41, 5.74) is 0.906. The standard InChI is InChI=1S/C18H21N3O3S.ClH/c1-21(16-7-3-2-4-8-16)25(23,24)17-9-5-6-14(12-17)18(22)20-15-10-11-19-13-15;/h2-9,12,15,19H,10-11,13H2,1H3,(H,20,22);1H. The molecule has 1 unspecified atom stereocenters. The van der Waals surface area contributed by atoms with E-state index in [4.69, 9.17) is 0 Å². The van der Waals surface area contributed by atoms with Crippen molar-refractivity contribution in [1.29, 1.82) is 0 Å². The SMILES string of the molecule is CN(c1ccccc1)S(=O)(=O)c1cccc(C(=O)NC2CCNC2)c1.Cl. The van der Waals surface area contributed by atoms with E-state index in [1.807, 2.05) is 6.07 Å². The molecular weight excluding hydrogens is 374 g/mol. The van der Waals surface area contributed by atoms with E-state index in [2.05, 4.69) is 10.6 Å². The molecule has 1 saturated heterocycles. The van der Waals surface area contributed by atoms with Crippen molar-refractivity contribution in [2.75, 3.05) is 24.4 Å². The van der Waals surface area contributed by atoms with Crippen molar-refractivity contribution in [1.82, 2.24) is 10.6 Å². The summed E-state index contributed by atoms with van der Waals surface area (Å²) in [4.78, 5) is 12.5. The Morgan fingerprint density at radius 2 is 1.88 bits per heavy atom. The maximum absolute atomic E-state index is 12.8. The van der Waals surface area contributed by atoms with Crippen molar-refractivity contribution >= 4 is 34.0 Å². The zero-order chi connectivity index (χ0) is 17.9. The molecular formula is C18H22ClN3O3S. The number of amides is 1. The number of hydrogen-bond acceptors (Lipinski definition) is 4. The number of anilines is 1. The highest BCUT2D eigenvalue weighted by atomic mass is 35.5. The monoisotopic (exact) mass is 395 g/mol. The first-order chi connectivity index (χ1) is 12.0. The van der Waals surface area contributed by atoms with E-state index in [1.54, 1.807) is 36.4 Å². The van der Waals surface area contributed by atoms with Gasteiger partial charge in [0.25, 0.3) is 15.9 Å². The van der Waals surface area contributed by atoms with Gasteiger partial charge >= 0.3 is 0 Å². The summed E-state index contributed by atoms with van der Waals surface area (Å²) < 4.78 is 26.9. The van der Waals surface area contributed by atoms with Crippen LogP contribution in [-0.2, 0) is 10.0 Å². The molecule has 0 saturated carbocycles. The van der Waals surface area contributed by atoms with Gasteiger partial charge in [0.15, 0.2) is 0 Å². The van der Waals surface area contributed by atoms with Gasteiger partial charge in [-0.15, -0.1) is 12.4 Å². The highest BCUT2D eigenvalue weighted by Gasteiger charge is 2.23. The molecule has 1 aliphatic heterocycles. The minimum atomic E-state index is -3.73. The molecule has 0 aliphatic carbocycles. The van der Waals surface area contributed by atoms with Crippen molar-refractivity contribution in [3.63, 3.8) is 0 Å². The predicted octanol–water partition coefficient (Wildman–Crippen LogP) is 2.03. The molecule has 1 fully saturated rings. The van der Waals surface area contributed by atoms with Crippen LogP contribution in [-0.4, -0.2) is 40.5 Å². The fourth-order valence-electron chi connectivity index (χ4n) is 2.78. The maximum atomic E-state index is 12.8. The Morgan fingerprint density at radius 3 is 2.54 bits per heavy atom. The predicted molar refractivity (Wildman–Crippen MR) is 104 cm³/mol. The lowest BCUT2D eigenvalue weighted by Crippen LogP contribution is -2.36. The summed E-state index contributed by atoms with van der Waals surface area (Å²) in [5, 5.41) is 6.11. The van der Waals surface area contributed by atoms with Gasteiger partial charge in [-0.05, 0) is 43.3 Å². The number of nitrogens with zero attached hydrogens (tertiary/aromatic N) is 1. The lowest BCUT2D eigenvalue weighted by molar-refractivity contribution is 0.0940. The number of para-hydroxylation sites is 1. The van der Waals surface area contributed by atoms with Crippen LogP contribution >= 0.6 is 12.4 Å². The van der Waals surface area contributed by atoms with Crippen LogP contribution in [0, 0.1) is 0 Å². The Balaban J connectivity index is 0.00000243. The number of carbonyl (C=O) groups excluding carboxylic acids is 1. The summed E-state index contributed by atoms with van der Waals surface area (Å²) >= 11 is 0. The Kier molecular flexibility index (Phi) is 6.63. The van der Waals surface area contributed by atoms with Crippen molar-refractivity contribution in [3.05, 3.63) is 60.2 Å². The summed E-state index contributed by atoms with van der Waals surface area (Å²) in [6.45, 7) is 1.61. The smallest absolute Gasteiger partial charge is 0.264 e. The third-order valence-electron chi connectivity index (χ3n) is 4.27. The third-order valence-corrected chi connectivity index (χ3v) is 6.05. The van der Waals surface area contributed by atoms with Crippen molar-refractivity contribution in [2.45, 2.75) is 17.4 Å². The molecule has 0 bridgehead atoms. The first-order valence-corrected chi connectivity index (χ1v) is 9.58. The molecule has 1 heterocycles. The van der Waals surface area contributed by atoms with Gasteiger partial charge in [0.1, 0.15) is 0 Å². The number of halogens is 1. The highest BCUT2D eigenvalue weighted by molar-refractivity contribution is 7.92. The minimum Gasteiger partial charge on any atom is -0.348 e. The van der Waals surface area contributed by atoms with Crippen molar-refractivity contribution in [3.8, 4) is 0 Å². The van der Waals surface area contributed by atoms with E-state index in [1.165, 1.54) is 23.5 Å². The number of sulfonamides is 1. The normalized spacial score (nSPS) is 16.6. The number of nitrogens with one attached hydrogen (secondary N) is 2. The first-order valence-electron chi connectivity index (χ1n) is 8.14. The molecule has 140 valence electrons. The average molecular weight is 396 g/mol. The summed E-state index contributed by atoms with van der Waals surface area (Å²) in [6.07, 6.45) is 0.875. The minimum absolute atomic E-state index is 0. The van der Waals surface area contributed by atoms with Crippen molar-refractivity contribution < 1.29 is 13.2 Å². The van der Waals surface area contributed by atoms with Gasteiger partial charge in [-0.2, -0.15) is 0 Å². The fraction of sp³-hybridized carbons (Fsp3) is 0.278. The van der Waals surface area contributed by atoms with Gasteiger partial charge in [0.2, 0.25) is 0 Å². The molecule has 2 aromatic carbocycles. The van der Waals surface area contributed by atoms with E-state index in [0.29, 0.717) is 11.3 Å². The number of carbonyl (C=O) groups is 1. The fourth-order valence-corrected chi connectivity index (χ4v) is 4.02. The molecule has 8 heteroatoms. The molecule has 0 spiro atoms. The van der Waals surface area contributed by atoms with Gasteiger partial charge < -0.3 is 10.6 Å². The Bertz CT molecular complexity index is 853. The molecule has 0 aromatic heterocycles. The molecule has 1 atom stereocenters. The average Bonchev–Trinajstić information content (AvgIpc) is 3.15. The number of hydrogen-bond donors (Lipinski definition) is 2. The highest BCUT2D eigenvalue weighted by Crippen LogP contribution is 2.22. The van der Waals surface area contributed by atoms with Gasteiger partial charge in [-0.25, -0.2) is 8.42 Å². The summed E-state index contributed by atoms with van der Waals surface area (Å²) in [5.74, 6) is -0.256. The Morgan fingerprint density at radius 1 is 1.15 bits per heavy atom. The van der Waals surface area contributed by atoms with Crippen LogP contribution < -0.4 is 14.9 Å². The van der Waals surface area contributed by atoms with Crippen LogP contribution in [0.1, 0.15) is 16.8 Å². The molecule has 6 nitrogen and oxygen atoms in total. The second-order valence-electron chi connectivity index (χ2n) is 6.00. The van der Waals surface area contributed by atoms with E-state index >= 15 is 0 Å². The van der Waals surface area contributed by atoms with Gasteiger partial charge in [-0.3, -0.25) is 9.10 Å². The number of rotatable bonds is 5. The molecule has 3 rings (SSSR count).